The van der Waals surface area contributed by atoms with Crippen LogP contribution >= 0.6 is 34.4 Å². The number of rotatable bonds is 6. The summed E-state index contributed by atoms with van der Waals surface area (Å²) in [6.07, 6.45) is 4.18. The number of ketones is 1. The van der Waals surface area contributed by atoms with Crippen molar-refractivity contribution < 1.29 is 4.79 Å². The molecule has 0 unspecified atom stereocenters. The number of aromatic nitrogens is 4. The Morgan fingerprint density at radius 1 is 1.19 bits per heavy atom. The first-order valence-electron chi connectivity index (χ1n) is 10.4. The number of nitrogens with two attached hydrogens (primary N) is 1. The van der Waals surface area contributed by atoms with Crippen molar-refractivity contribution in [2.24, 2.45) is 0 Å². The summed E-state index contributed by atoms with van der Waals surface area (Å²) in [4.78, 5) is 30.7. The molecule has 2 aliphatic heterocycles. The molecule has 0 amide bonds. The lowest BCUT2D eigenvalue weighted by atomic mass is 10.2. The van der Waals surface area contributed by atoms with E-state index in [1.807, 2.05) is 0 Å². The maximum absolute atomic E-state index is 11.6. The van der Waals surface area contributed by atoms with Crippen molar-refractivity contribution >= 4 is 62.8 Å². The van der Waals surface area contributed by atoms with Crippen LogP contribution in [-0.2, 0) is 17.8 Å². The molecule has 1 fully saturated rings. The summed E-state index contributed by atoms with van der Waals surface area (Å²) in [6, 6.07) is 4.55. The number of hydrogen-bond acceptors (Lipinski definition) is 8. The first-order chi connectivity index (χ1) is 15.0. The van der Waals surface area contributed by atoms with Crippen LogP contribution in [0.3, 0.4) is 0 Å². The number of carbonyl (C=O) groups excluding carboxylic acids is 1. The summed E-state index contributed by atoms with van der Waals surface area (Å²) in [5.41, 5.74) is 10.2. The number of hydrogen-bond donors (Lipinski definition) is 1. The van der Waals surface area contributed by atoms with Gasteiger partial charge in [0, 0.05) is 53.8 Å². The number of aryl methyl sites for hydroxylation is 1. The fourth-order valence-electron chi connectivity index (χ4n) is 4.27. The Kier molecular flexibility index (Phi) is 5.78. The summed E-state index contributed by atoms with van der Waals surface area (Å²) in [6.45, 7) is 4.14. The molecule has 2 aliphatic rings. The number of fused-ring (bicyclic) bond motifs is 2. The molecule has 31 heavy (non-hydrogen) atoms. The van der Waals surface area contributed by atoms with Crippen molar-refractivity contribution in [3.63, 3.8) is 0 Å². The second-order valence-electron chi connectivity index (χ2n) is 8.08. The number of Topliss-reactive ketones (excluding diaryl/α,β-unsaturated/α-hetero) is 1. The number of nitrogens with zero attached hydrogens (tertiary/aromatic N) is 6. The van der Waals surface area contributed by atoms with Gasteiger partial charge in [-0.15, -0.1) is 0 Å². The van der Waals surface area contributed by atoms with Gasteiger partial charge in [-0.25, -0.2) is 15.0 Å². The van der Waals surface area contributed by atoms with Gasteiger partial charge in [0.1, 0.15) is 12.1 Å². The average molecular weight is 549 g/mol. The Morgan fingerprint density at radius 2 is 2.06 bits per heavy atom. The molecule has 0 atom stereocenters. The SMILES string of the molecule is CN1CCc2cc(I)c(Sc3nc4c(N)ncnc4n3CCCN3CCC(=O)C3)cc21. The minimum atomic E-state index is 0.334. The fraction of sp³-hybridized carbons (Fsp3) is 0.429. The van der Waals surface area contributed by atoms with Crippen molar-refractivity contribution in [3.8, 4) is 0 Å². The molecule has 162 valence electrons. The highest BCUT2D eigenvalue weighted by atomic mass is 127. The zero-order chi connectivity index (χ0) is 21.5. The quantitative estimate of drug-likeness (QED) is 0.470. The number of halogens is 1. The van der Waals surface area contributed by atoms with E-state index < -0.39 is 0 Å². The van der Waals surface area contributed by atoms with Crippen LogP contribution in [0.5, 0.6) is 0 Å². The molecular weight excluding hydrogens is 525 g/mol. The molecule has 0 bridgehead atoms. The molecule has 0 aliphatic carbocycles. The molecule has 1 saturated heterocycles. The third kappa shape index (κ3) is 4.12. The highest BCUT2D eigenvalue weighted by molar-refractivity contribution is 14.1. The maximum Gasteiger partial charge on any atom is 0.175 e. The lowest BCUT2D eigenvalue weighted by Crippen LogP contribution is -2.23. The minimum Gasteiger partial charge on any atom is -0.382 e. The molecular formula is C21H24IN7OS. The van der Waals surface area contributed by atoms with E-state index in [0.717, 1.165) is 49.8 Å². The summed E-state index contributed by atoms with van der Waals surface area (Å²) in [7, 11) is 2.14. The molecule has 0 radical (unpaired) electrons. The Balaban J connectivity index is 1.44. The number of benzene rings is 1. The Morgan fingerprint density at radius 3 is 2.87 bits per heavy atom. The van der Waals surface area contributed by atoms with Crippen LogP contribution in [0, 0.1) is 3.57 Å². The van der Waals surface area contributed by atoms with Gasteiger partial charge in [-0.3, -0.25) is 9.69 Å². The predicted octanol–water partition coefficient (Wildman–Crippen LogP) is 2.82. The average Bonchev–Trinajstić information content (AvgIpc) is 3.42. The molecule has 2 aromatic heterocycles. The lowest BCUT2D eigenvalue weighted by molar-refractivity contribution is -0.116. The summed E-state index contributed by atoms with van der Waals surface area (Å²) in [5.74, 6) is 0.736. The third-order valence-electron chi connectivity index (χ3n) is 5.95. The maximum atomic E-state index is 11.6. The molecule has 0 spiro atoms. The summed E-state index contributed by atoms with van der Waals surface area (Å²) >= 11 is 4.07. The van der Waals surface area contributed by atoms with Crippen LogP contribution in [0.2, 0.25) is 0 Å². The topological polar surface area (TPSA) is 93.2 Å². The van der Waals surface area contributed by atoms with Gasteiger partial charge >= 0.3 is 0 Å². The third-order valence-corrected chi connectivity index (χ3v) is 8.26. The molecule has 2 N–H and O–H groups in total. The molecule has 8 nitrogen and oxygen atoms in total. The van der Waals surface area contributed by atoms with Gasteiger partial charge in [-0.1, -0.05) is 11.8 Å². The van der Waals surface area contributed by atoms with Gasteiger partial charge in [-0.2, -0.15) is 0 Å². The number of likely N-dealkylation sites (tertiary alicyclic amines) is 1. The van der Waals surface area contributed by atoms with Crippen LogP contribution in [-0.4, -0.2) is 63.4 Å². The number of carbonyl (C=O) groups is 1. The second-order valence-corrected chi connectivity index (χ2v) is 10.3. The van der Waals surface area contributed by atoms with Gasteiger partial charge in [0.15, 0.2) is 22.1 Å². The van der Waals surface area contributed by atoms with E-state index in [1.54, 1.807) is 11.8 Å². The molecule has 4 heterocycles. The van der Waals surface area contributed by atoms with Crippen LogP contribution in [0.15, 0.2) is 28.5 Å². The van der Waals surface area contributed by atoms with E-state index in [9.17, 15) is 4.79 Å². The normalized spacial score (nSPS) is 16.6. The van der Waals surface area contributed by atoms with E-state index in [0.29, 0.717) is 30.1 Å². The molecule has 5 rings (SSSR count). The van der Waals surface area contributed by atoms with Crippen LogP contribution in [0.25, 0.3) is 11.2 Å². The molecule has 3 aromatic rings. The lowest BCUT2D eigenvalue weighted by Gasteiger charge is -2.16. The Bertz CT molecular complexity index is 1160. The largest absolute Gasteiger partial charge is 0.382 e. The van der Waals surface area contributed by atoms with Gasteiger partial charge < -0.3 is 15.2 Å². The first-order valence-corrected chi connectivity index (χ1v) is 12.3. The predicted molar refractivity (Wildman–Crippen MR) is 131 cm³/mol. The van der Waals surface area contributed by atoms with Crippen molar-refractivity contribution in [3.05, 3.63) is 27.6 Å². The molecule has 1 aromatic carbocycles. The van der Waals surface area contributed by atoms with Crippen molar-refractivity contribution in [2.75, 3.05) is 43.9 Å². The van der Waals surface area contributed by atoms with Crippen molar-refractivity contribution in [2.45, 2.75) is 35.9 Å². The fourth-order valence-corrected chi connectivity index (χ4v) is 6.08. The van der Waals surface area contributed by atoms with E-state index in [4.69, 9.17) is 10.7 Å². The van der Waals surface area contributed by atoms with Crippen molar-refractivity contribution in [1.82, 2.24) is 24.4 Å². The first kappa shape index (κ1) is 21.0. The standard InChI is InChI=1S/C21H24IN7OS/c1-27-7-3-13-9-15(22)17(10-16(13)27)31-21-26-18-19(23)24-12-25-20(18)29(21)6-2-5-28-8-4-14(30)11-28/h9-10,12H,2-8,11H2,1H3,(H2,23,24,25). The number of anilines is 2. The van der Waals surface area contributed by atoms with Crippen LogP contribution in [0.4, 0.5) is 11.5 Å². The molecule has 0 saturated carbocycles. The van der Waals surface area contributed by atoms with Crippen LogP contribution < -0.4 is 10.6 Å². The number of imidazole rings is 1. The van der Waals surface area contributed by atoms with Gasteiger partial charge in [0.25, 0.3) is 0 Å². The Labute approximate surface area is 198 Å². The second kappa shape index (κ2) is 8.55. The minimum absolute atomic E-state index is 0.334. The van der Waals surface area contributed by atoms with Crippen molar-refractivity contribution in [1.29, 1.82) is 0 Å². The van der Waals surface area contributed by atoms with Gasteiger partial charge in [0.2, 0.25) is 0 Å². The molecule has 10 heteroatoms. The number of nitrogen functional groups attached to an aromatic ring is 1. The van der Waals surface area contributed by atoms with E-state index >= 15 is 0 Å². The van der Waals surface area contributed by atoms with E-state index in [2.05, 4.69) is 66.1 Å². The number of likely N-dealkylation sites (N-methyl/N-ethyl adjacent to an activating group) is 1. The van der Waals surface area contributed by atoms with Gasteiger partial charge in [-0.05, 0) is 53.1 Å². The van der Waals surface area contributed by atoms with Gasteiger partial charge in [0.05, 0.1) is 6.54 Å². The van der Waals surface area contributed by atoms with E-state index in [1.165, 1.54) is 26.0 Å². The Hall–Kier alpha value is -1.92. The smallest absolute Gasteiger partial charge is 0.175 e. The highest BCUT2D eigenvalue weighted by Gasteiger charge is 2.22. The zero-order valence-electron chi connectivity index (χ0n) is 17.3. The monoisotopic (exact) mass is 549 g/mol. The zero-order valence-corrected chi connectivity index (χ0v) is 20.3. The van der Waals surface area contributed by atoms with E-state index in [-0.39, 0.29) is 0 Å². The highest BCUT2D eigenvalue weighted by Crippen LogP contribution is 2.39. The van der Waals surface area contributed by atoms with Crippen LogP contribution in [0.1, 0.15) is 18.4 Å². The summed E-state index contributed by atoms with van der Waals surface area (Å²) in [5, 5.41) is 0.873. The summed E-state index contributed by atoms with van der Waals surface area (Å²) < 4.78 is 3.37.